The van der Waals surface area contributed by atoms with Gasteiger partial charge < -0.3 is 14.2 Å². The van der Waals surface area contributed by atoms with Crippen molar-refractivity contribution in [3.8, 4) is 6.01 Å². The highest BCUT2D eigenvalue weighted by Gasteiger charge is 2.20. The second-order valence-corrected chi connectivity index (χ2v) is 5.73. The summed E-state index contributed by atoms with van der Waals surface area (Å²) >= 11 is 0. The van der Waals surface area contributed by atoms with Gasteiger partial charge in [-0.3, -0.25) is 0 Å². The predicted molar refractivity (Wildman–Crippen MR) is 84.2 cm³/mol. The van der Waals surface area contributed by atoms with Gasteiger partial charge >= 0.3 is 12.1 Å². The van der Waals surface area contributed by atoms with E-state index in [9.17, 15) is 4.79 Å². The smallest absolute Gasteiger partial charge is 0.372 e. The molecule has 0 bridgehead atoms. The predicted octanol–water partition coefficient (Wildman–Crippen LogP) is 3.23. The van der Waals surface area contributed by atoms with Crippen molar-refractivity contribution in [2.75, 3.05) is 13.1 Å². The Bertz CT molecular complexity index is 621. The highest BCUT2D eigenvalue weighted by Crippen LogP contribution is 2.13. The van der Waals surface area contributed by atoms with Gasteiger partial charge in [-0.25, -0.2) is 4.79 Å². The van der Waals surface area contributed by atoms with Crippen LogP contribution in [0.5, 0.6) is 6.01 Å². The molecule has 122 valence electrons. The zero-order valence-electron chi connectivity index (χ0n) is 13.1. The van der Waals surface area contributed by atoms with Crippen molar-refractivity contribution in [2.45, 2.75) is 38.5 Å². The summed E-state index contributed by atoms with van der Waals surface area (Å²) in [5.41, 5.74) is 1.28. The molecule has 0 atom stereocenters. The summed E-state index contributed by atoms with van der Waals surface area (Å²) < 4.78 is 10.3. The van der Waals surface area contributed by atoms with Crippen molar-refractivity contribution in [3.05, 3.63) is 41.8 Å². The van der Waals surface area contributed by atoms with Gasteiger partial charge in [-0.15, -0.1) is 0 Å². The molecule has 1 saturated heterocycles. The van der Waals surface area contributed by atoms with E-state index < -0.39 is 0 Å². The average molecular weight is 315 g/mol. The third-order valence-electron chi connectivity index (χ3n) is 3.94. The van der Waals surface area contributed by atoms with Crippen LogP contribution in [0.15, 0.2) is 34.9 Å². The molecule has 0 aliphatic carbocycles. The second kappa shape index (κ2) is 7.76. The number of benzene rings is 1. The molecule has 23 heavy (non-hydrogen) atoms. The van der Waals surface area contributed by atoms with Gasteiger partial charge in [-0.2, -0.15) is 4.98 Å². The lowest BCUT2D eigenvalue weighted by atomic mass is 10.1. The lowest BCUT2D eigenvalue weighted by Crippen LogP contribution is -2.37. The molecule has 1 aliphatic heterocycles. The maximum Gasteiger partial charge on any atom is 0.417 e. The summed E-state index contributed by atoms with van der Waals surface area (Å²) in [6.45, 7) is 1.47. The number of aromatic nitrogens is 2. The summed E-state index contributed by atoms with van der Waals surface area (Å²) in [5, 5.41) is 3.72. The Labute approximate surface area is 135 Å². The van der Waals surface area contributed by atoms with Crippen LogP contribution in [0.2, 0.25) is 0 Å². The third kappa shape index (κ3) is 4.55. The van der Waals surface area contributed by atoms with E-state index in [2.05, 4.69) is 22.3 Å². The number of likely N-dealkylation sites (tertiary alicyclic amines) is 1. The van der Waals surface area contributed by atoms with Crippen LogP contribution < -0.4 is 4.74 Å². The Morgan fingerprint density at radius 2 is 1.91 bits per heavy atom. The summed E-state index contributed by atoms with van der Waals surface area (Å²) in [6.07, 6.45) is 5.35. The molecule has 1 amide bonds. The fraction of sp³-hybridized carbons (Fsp3) is 0.471. The minimum Gasteiger partial charge on any atom is -0.372 e. The Hall–Kier alpha value is -2.37. The lowest BCUT2D eigenvalue weighted by molar-refractivity contribution is 0.137. The first-order valence-corrected chi connectivity index (χ1v) is 8.14. The van der Waals surface area contributed by atoms with Crippen molar-refractivity contribution >= 4 is 6.09 Å². The van der Waals surface area contributed by atoms with E-state index in [0.717, 1.165) is 45.2 Å². The van der Waals surface area contributed by atoms with Crippen LogP contribution in [-0.4, -0.2) is 34.2 Å². The Balaban J connectivity index is 1.45. The number of hydrogen-bond donors (Lipinski definition) is 0. The monoisotopic (exact) mass is 315 g/mol. The first-order chi connectivity index (χ1) is 11.3. The van der Waals surface area contributed by atoms with Crippen LogP contribution in [0.4, 0.5) is 4.79 Å². The largest absolute Gasteiger partial charge is 0.417 e. The normalized spacial score (nSPS) is 14.7. The summed E-state index contributed by atoms with van der Waals surface area (Å²) in [6, 6.07) is 10.3. The van der Waals surface area contributed by atoms with Gasteiger partial charge in [0.25, 0.3) is 0 Å². The molecule has 6 nitrogen and oxygen atoms in total. The number of carbonyl (C=O) groups is 1. The van der Waals surface area contributed by atoms with Crippen LogP contribution in [0.3, 0.4) is 0 Å². The Kier molecular flexibility index (Phi) is 5.24. The maximum absolute atomic E-state index is 12.0. The molecule has 0 N–H and O–H groups in total. The first kappa shape index (κ1) is 15.5. The molecule has 1 aromatic carbocycles. The quantitative estimate of drug-likeness (QED) is 0.847. The number of nitrogens with zero attached hydrogens (tertiary/aromatic N) is 3. The molecule has 6 heteroatoms. The van der Waals surface area contributed by atoms with Crippen LogP contribution in [0, 0.1) is 0 Å². The summed E-state index contributed by atoms with van der Waals surface area (Å²) in [7, 11) is 0. The van der Waals surface area contributed by atoms with Crippen LogP contribution in [0.1, 0.15) is 37.1 Å². The van der Waals surface area contributed by atoms with Gasteiger partial charge in [0.2, 0.25) is 5.89 Å². The topological polar surface area (TPSA) is 68.5 Å². The first-order valence-electron chi connectivity index (χ1n) is 8.14. The number of rotatable bonds is 5. The van der Waals surface area contributed by atoms with E-state index in [0.29, 0.717) is 12.3 Å². The lowest BCUT2D eigenvalue weighted by Gasteiger charge is -2.24. The number of carbonyl (C=O) groups excluding carboxylic acids is 1. The van der Waals surface area contributed by atoms with Crippen LogP contribution in [-0.2, 0) is 12.8 Å². The average Bonchev–Trinajstić information content (AvgIpc) is 3.04. The van der Waals surface area contributed by atoms with Crippen molar-refractivity contribution in [1.82, 2.24) is 15.0 Å². The van der Waals surface area contributed by atoms with Crippen molar-refractivity contribution in [1.29, 1.82) is 0 Å². The van der Waals surface area contributed by atoms with Crippen LogP contribution in [0.25, 0.3) is 0 Å². The molecular formula is C17H21N3O3. The van der Waals surface area contributed by atoms with Gasteiger partial charge in [0.1, 0.15) is 0 Å². The highest BCUT2D eigenvalue weighted by atomic mass is 16.6. The molecule has 3 rings (SSSR count). The molecule has 1 fully saturated rings. The number of amides is 1. The van der Waals surface area contributed by atoms with Crippen molar-refractivity contribution in [2.24, 2.45) is 0 Å². The zero-order valence-corrected chi connectivity index (χ0v) is 13.1. The molecule has 0 radical (unpaired) electrons. The summed E-state index contributed by atoms with van der Waals surface area (Å²) in [5.74, 6) is 0.502. The summed E-state index contributed by atoms with van der Waals surface area (Å²) in [4.78, 5) is 17.8. The maximum atomic E-state index is 12.0. The number of ether oxygens (including phenoxy) is 1. The van der Waals surface area contributed by atoms with Gasteiger partial charge in [0.05, 0.1) is 0 Å². The Morgan fingerprint density at radius 1 is 1.13 bits per heavy atom. The Morgan fingerprint density at radius 3 is 2.70 bits per heavy atom. The zero-order chi connectivity index (χ0) is 15.9. The third-order valence-corrected chi connectivity index (χ3v) is 3.94. The van der Waals surface area contributed by atoms with Gasteiger partial charge in [-0.05, 0) is 42.8 Å². The standard InChI is InChI=1S/C17H21N3O3/c21-17(20-12-5-2-6-13-20)22-16-18-15(23-19-16)11-7-10-14-8-3-1-4-9-14/h1,3-4,8-9H,2,5-7,10-13H2. The molecule has 1 aliphatic rings. The molecule has 0 saturated carbocycles. The number of hydrogen-bond acceptors (Lipinski definition) is 5. The van der Waals surface area contributed by atoms with Gasteiger partial charge in [0.15, 0.2) is 0 Å². The highest BCUT2D eigenvalue weighted by molar-refractivity contribution is 5.69. The van der Waals surface area contributed by atoms with Gasteiger partial charge in [0, 0.05) is 19.5 Å². The van der Waals surface area contributed by atoms with Gasteiger partial charge in [-0.1, -0.05) is 30.3 Å². The van der Waals surface area contributed by atoms with E-state index in [1.807, 2.05) is 18.2 Å². The van der Waals surface area contributed by atoms with E-state index in [-0.39, 0.29) is 12.1 Å². The van der Waals surface area contributed by atoms with Crippen molar-refractivity contribution < 1.29 is 14.1 Å². The fourth-order valence-electron chi connectivity index (χ4n) is 2.69. The minimum atomic E-state index is -0.388. The number of piperidine rings is 1. The molecule has 2 aromatic rings. The molecular weight excluding hydrogens is 294 g/mol. The van der Waals surface area contributed by atoms with Crippen molar-refractivity contribution in [3.63, 3.8) is 0 Å². The molecule has 0 unspecified atom stereocenters. The molecule has 1 aromatic heterocycles. The molecule has 2 heterocycles. The van der Waals surface area contributed by atoms with Crippen LogP contribution >= 0.6 is 0 Å². The van der Waals surface area contributed by atoms with E-state index >= 15 is 0 Å². The van der Waals surface area contributed by atoms with E-state index in [1.165, 1.54) is 5.56 Å². The van der Waals surface area contributed by atoms with E-state index in [1.54, 1.807) is 4.90 Å². The minimum absolute atomic E-state index is 0.00952. The fourth-order valence-corrected chi connectivity index (χ4v) is 2.69. The number of aryl methyl sites for hydroxylation is 2. The molecule has 0 spiro atoms. The SMILES string of the molecule is O=C(Oc1noc(CCCc2ccccc2)n1)N1CCCCC1. The van der Waals surface area contributed by atoms with E-state index in [4.69, 9.17) is 9.26 Å². The second-order valence-electron chi connectivity index (χ2n) is 5.73.